The zero-order valence-corrected chi connectivity index (χ0v) is 17.5. The predicted molar refractivity (Wildman–Crippen MR) is 114 cm³/mol. The molecule has 152 valence electrons. The van der Waals surface area contributed by atoms with Gasteiger partial charge in [0, 0.05) is 50.4 Å². The monoisotopic (exact) mass is 424 g/mol. The molecule has 0 saturated carbocycles. The van der Waals surface area contributed by atoms with E-state index in [1.165, 1.54) is 0 Å². The molecule has 1 aliphatic heterocycles. The average molecular weight is 425 g/mol. The third-order valence-corrected chi connectivity index (χ3v) is 4.98. The summed E-state index contributed by atoms with van der Waals surface area (Å²) in [5.41, 5.74) is 1.62. The lowest BCUT2D eigenvalue weighted by molar-refractivity contribution is 0.0634. The summed E-state index contributed by atoms with van der Waals surface area (Å²) in [6.07, 6.45) is 0.831. The van der Waals surface area contributed by atoms with Crippen molar-refractivity contribution in [1.29, 1.82) is 0 Å². The number of nitrogens with zero attached hydrogens (tertiary/aromatic N) is 1. The number of amides is 1. The second kappa shape index (κ2) is 11.3. The van der Waals surface area contributed by atoms with Gasteiger partial charge in [-0.1, -0.05) is 29.8 Å². The van der Waals surface area contributed by atoms with Crippen LogP contribution in [0, 0.1) is 0 Å². The molecule has 5 nitrogen and oxygen atoms in total. The van der Waals surface area contributed by atoms with Gasteiger partial charge >= 0.3 is 0 Å². The van der Waals surface area contributed by atoms with Crippen LogP contribution in [-0.2, 0) is 4.74 Å². The number of carbonyl (C=O) groups excluding carboxylic acids is 1. The summed E-state index contributed by atoms with van der Waals surface area (Å²) in [7, 11) is 1.67. The van der Waals surface area contributed by atoms with Crippen LogP contribution in [0.2, 0.25) is 5.02 Å². The maximum absolute atomic E-state index is 13.1. The summed E-state index contributed by atoms with van der Waals surface area (Å²) < 4.78 is 10.7. The first-order valence-electron chi connectivity index (χ1n) is 9.18. The number of ether oxygens (including phenoxy) is 2. The molecule has 0 bridgehead atoms. The second-order valence-corrected chi connectivity index (χ2v) is 6.87. The molecule has 1 amide bonds. The highest BCUT2D eigenvalue weighted by Gasteiger charge is 2.29. The van der Waals surface area contributed by atoms with Gasteiger partial charge in [0.2, 0.25) is 0 Å². The molecule has 1 N–H and O–H groups in total. The summed E-state index contributed by atoms with van der Waals surface area (Å²) >= 11 is 6.37. The fourth-order valence-corrected chi connectivity index (χ4v) is 3.49. The molecule has 1 unspecified atom stereocenters. The standard InChI is InChI=1S/C21H25ClN2O3.ClH/c1-26-13-4-14-27-17-9-7-16(8-10-17)21(25)24-12-11-23-15-20(24)18-5-2-3-6-19(18)22;/h2-3,5-10,20,23H,4,11-15H2,1H3;1H. The predicted octanol–water partition coefficient (Wildman–Crippen LogP) is 3.96. The molecule has 0 aromatic heterocycles. The van der Waals surface area contributed by atoms with Crippen molar-refractivity contribution in [2.45, 2.75) is 12.5 Å². The number of rotatable bonds is 7. The van der Waals surface area contributed by atoms with Crippen LogP contribution in [0.25, 0.3) is 0 Å². The lowest BCUT2D eigenvalue weighted by atomic mass is 10.0. The molecule has 1 heterocycles. The number of benzene rings is 2. The lowest BCUT2D eigenvalue weighted by Gasteiger charge is -2.37. The lowest BCUT2D eigenvalue weighted by Crippen LogP contribution is -2.48. The van der Waals surface area contributed by atoms with Crippen molar-refractivity contribution in [1.82, 2.24) is 10.2 Å². The maximum atomic E-state index is 13.1. The summed E-state index contributed by atoms with van der Waals surface area (Å²) in [5, 5.41) is 4.04. The van der Waals surface area contributed by atoms with Gasteiger partial charge in [-0.05, 0) is 35.9 Å². The van der Waals surface area contributed by atoms with Gasteiger partial charge in [-0.25, -0.2) is 0 Å². The van der Waals surface area contributed by atoms with Gasteiger partial charge in [0.15, 0.2) is 0 Å². The fourth-order valence-electron chi connectivity index (χ4n) is 3.22. The Kier molecular flexibility index (Phi) is 9.06. The highest BCUT2D eigenvalue weighted by molar-refractivity contribution is 6.31. The molecule has 0 spiro atoms. The second-order valence-electron chi connectivity index (χ2n) is 6.46. The topological polar surface area (TPSA) is 50.8 Å². The number of carbonyl (C=O) groups is 1. The molecule has 1 fully saturated rings. The molecule has 1 saturated heterocycles. The first kappa shape index (κ1) is 22.5. The van der Waals surface area contributed by atoms with Crippen molar-refractivity contribution < 1.29 is 14.3 Å². The van der Waals surface area contributed by atoms with Crippen LogP contribution in [0.1, 0.15) is 28.4 Å². The van der Waals surface area contributed by atoms with Crippen LogP contribution < -0.4 is 10.1 Å². The normalized spacial score (nSPS) is 16.4. The molecule has 0 aliphatic carbocycles. The number of hydrogen-bond donors (Lipinski definition) is 1. The summed E-state index contributed by atoms with van der Waals surface area (Å²) in [4.78, 5) is 15.0. The van der Waals surface area contributed by atoms with Crippen molar-refractivity contribution in [3.05, 3.63) is 64.7 Å². The molecule has 0 radical (unpaired) electrons. The fraction of sp³-hybridized carbons (Fsp3) is 0.381. The smallest absolute Gasteiger partial charge is 0.254 e. The van der Waals surface area contributed by atoms with Crippen LogP contribution in [0.4, 0.5) is 0 Å². The van der Waals surface area contributed by atoms with E-state index in [9.17, 15) is 4.79 Å². The van der Waals surface area contributed by atoms with Crippen molar-refractivity contribution in [3.8, 4) is 5.75 Å². The molecule has 3 rings (SSSR count). The van der Waals surface area contributed by atoms with E-state index in [0.717, 1.165) is 24.3 Å². The van der Waals surface area contributed by atoms with E-state index in [4.69, 9.17) is 21.1 Å². The average Bonchev–Trinajstić information content (AvgIpc) is 2.72. The summed E-state index contributed by atoms with van der Waals surface area (Å²) in [5.74, 6) is 0.762. The number of nitrogens with one attached hydrogen (secondary N) is 1. The first-order chi connectivity index (χ1) is 13.2. The molecule has 2 aromatic carbocycles. The van der Waals surface area contributed by atoms with E-state index >= 15 is 0 Å². The Balaban J connectivity index is 0.00000280. The van der Waals surface area contributed by atoms with E-state index in [0.29, 0.717) is 36.9 Å². The van der Waals surface area contributed by atoms with Crippen LogP contribution >= 0.6 is 24.0 Å². The van der Waals surface area contributed by atoms with Crippen molar-refractivity contribution in [2.75, 3.05) is 40.0 Å². The Morgan fingerprint density at radius 3 is 2.64 bits per heavy atom. The summed E-state index contributed by atoms with van der Waals surface area (Å²) in [6.45, 7) is 3.37. The minimum absolute atomic E-state index is 0. The largest absolute Gasteiger partial charge is 0.494 e. The highest BCUT2D eigenvalue weighted by Crippen LogP contribution is 2.29. The summed E-state index contributed by atoms with van der Waals surface area (Å²) in [6, 6.07) is 14.9. The van der Waals surface area contributed by atoms with Gasteiger partial charge in [-0.15, -0.1) is 12.4 Å². The third kappa shape index (κ3) is 5.61. The third-order valence-electron chi connectivity index (χ3n) is 4.63. The van der Waals surface area contributed by atoms with Crippen molar-refractivity contribution in [2.24, 2.45) is 0 Å². The molecule has 1 atom stereocenters. The van der Waals surface area contributed by atoms with Crippen molar-refractivity contribution >= 4 is 29.9 Å². The Hall–Kier alpha value is -1.79. The first-order valence-corrected chi connectivity index (χ1v) is 9.56. The van der Waals surface area contributed by atoms with Gasteiger partial charge in [0.25, 0.3) is 5.91 Å². The maximum Gasteiger partial charge on any atom is 0.254 e. The molecular formula is C21H26Cl2N2O3. The number of methoxy groups -OCH3 is 1. The van der Waals surface area contributed by atoms with E-state index < -0.39 is 0 Å². The number of halogens is 2. The Bertz CT molecular complexity index is 756. The Morgan fingerprint density at radius 1 is 1.18 bits per heavy atom. The molecule has 28 heavy (non-hydrogen) atoms. The van der Waals surface area contributed by atoms with Crippen LogP contribution in [0.15, 0.2) is 48.5 Å². The molecule has 1 aliphatic rings. The van der Waals surface area contributed by atoms with Gasteiger partial charge in [-0.2, -0.15) is 0 Å². The molecular weight excluding hydrogens is 399 g/mol. The van der Waals surface area contributed by atoms with Gasteiger partial charge in [-0.3, -0.25) is 4.79 Å². The van der Waals surface area contributed by atoms with E-state index in [1.807, 2.05) is 53.4 Å². The zero-order valence-electron chi connectivity index (χ0n) is 15.9. The van der Waals surface area contributed by atoms with Gasteiger partial charge in [0.05, 0.1) is 12.6 Å². The minimum Gasteiger partial charge on any atom is -0.494 e. The zero-order chi connectivity index (χ0) is 19.1. The van der Waals surface area contributed by atoms with Gasteiger partial charge < -0.3 is 19.7 Å². The van der Waals surface area contributed by atoms with Gasteiger partial charge in [0.1, 0.15) is 5.75 Å². The number of piperazine rings is 1. The van der Waals surface area contributed by atoms with Crippen LogP contribution in [-0.4, -0.2) is 50.8 Å². The minimum atomic E-state index is -0.0788. The molecule has 7 heteroatoms. The molecule has 2 aromatic rings. The van der Waals surface area contributed by atoms with Crippen LogP contribution in [0.5, 0.6) is 5.75 Å². The van der Waals surface area contributed by atoms with E-state index in [2.05, 4.69) is 5.32 Å². The van der Waals surface area contributed by atoms with Crippen molar-refractivity contribution in [3.63, 3.8) is 0 Å². The van der Waals surface area contributed by atoms with Crippen LogP contribution in [0.3, 0.4) is 0 Å². The van der Waals surface area contributed by atoms with E-state index in [-0.39, 0.29) is 24.4 Å². The number of hydrogen-bond acceptors (Lipinski definition) is 4. The quantitative estimate of drug-likeness (QED) is 0.683. The Labute approximate surface area is 177 Å². The Morgan fingerprint density at radius 2 is 1.93 bits per heavy atom. The van der Waals surface area contributed by atoms with E-state index in [1.54, 1.807) is 7.11 Å². The highest BCUT2D eigenvalue weighted by atomic mass is 35.5. The SMILES string of the molecule is COCCCOc1ccc(C(=O)N2CCNCC2c2ccccc2Cl)cc1.Cl.